The molecule has 2 aliphatic rings. The first-order chi connectivity index (χ1) is 17.2. The molecule has 1 aromatic carbocycles. The van der Waals surface area contributed by atoms with Crippen LogP contribution in [0.3, 0.4) is 0 Å². The summed E-state index contributed by atoms with van der Waals surface area (Å²) in [7, 11) is 0. The molecule has 0 radical (unpaired) electrons. The fourth-order valence-corrected chi connectivity index (χ4v) is 5.04. The highest BCUT2D eigenvalue weighted by molar-refractivity contribution is 5.92. The van der Waals surface area contributed by atoms with E-state index in [0.29, 0.717) is 12.8 Å². The first-order valence-electron chi connectivity index (χ1n) is 12.2. The molecule has 0 bridgehead atoms. The van der Waals surface area contributed by atoms with Crippen LogP contribution in [0.1, 0.15) is 57.3 Å². The largest absolute Gasteiger partial charge is 0.504 e. The molecule has 1 saturated heterocycles. The van der Waals surface area contributed by atoms with Crippen LogP contribution in [-0.4, -0.2) is 85.8 Å². The molecule has 3 rings (SSSR count). The van der Waals surface area contributed by atoms with Crippen LogP contribution >= 0.6 is 0 Å². The summed E-state index contributed by atoms with van der Waals surface area (Å²) in [5, 5.41) is 59.6. The second-order valence-corrected chi connectivity index (χ2v) is 10.6. The molecule has 1 heterocycles. The van der Waals surface area contributed by atoms with E-state index in [4.69, 9.17) is 14.2 Å². The lowest BCUT2D eigenvalue weighted by Gasteiger charge is -2.41. The average Bonchev–Trinajstić information content (AvgIpc) is 2.80. The lowest BCUT2D eigenvalue weighted by atomic mass is 9.66. The Morgan fingerprint density at radius 3 is 2.32 bits per heavy atom. The van der Waals surface area contributed by atoms with Gasteiger partial charge in [0.05, 0.1) is 11.7 Å². The highest BCUT2D eigenvalue weighted by atomic mass is 16.7. The Labute approximate surface area is 214 Å². The van der Waals surface area contributed by atoms with Crippen molar-refractivity contribution in [3.05, 3.63) is 29.3 Å². The third-order valence-electron chi connectivity index (χ3n) is 7.09. The number of ether oxygens (including phenoxy) is 3. The molecule has 0 unspecified atom stereocenters. The van der Waals surface area contributed by atoms with Crippen molar-refractivity contribution in [3.8, 4) is 17.2 Å². The fraction of sp³-hybridized carbons (Fsp3) is 0.615. The summed E-state index contributed by atoms with van der Waals surface area (Å²) >= 11 is 0. The van der Waals surface area contributed by atoms with Gasteiger partial charge in [-0.2, -0.15) is 0 Å². The Morgan fingerprint density at radius 1 is 1.11 bits per heavy atom. The summed E-state index contributed by atoms with van der Waals surface area (Å²) < 4.78 is 16.5. The number of phenols is 3. The Bertz CT molecular complexity index is 1010. The first-order valence-corrected chi connectivity index (χ1v) is 12.2. The van der Waals surface area contributed by atoms with Crippen molar-refractivity contribution in [2.75, 3.05) is 6.61 Å². The number of ketones is 1. The maximum atomic E-state index is 12.3. The number of aromatic hydroxyl groups is 3. The smallest absolute Gasteiger partial charge is 0.338 e. The number of aliphatic hydroxyl groups is 3. The van der Waals surface area contributed by atoms with Crippen molar-refractivity contribution in [1.82, 2.24) is 0 Å². The minimum absolute atomic E-state index is 0.111. The summed E-state index contributed by atoms with van der Waals surface area (Å²) in [5.41, 5.74) is 0.548. The number of phenolic OH excluding ortho intramolecular Hbond substituents is 3. The van der Waals surface area contributed by atoms with E-state index in [1.807, 2.05) is 6.92 Å². The Balaban J connectivity index is 1.59. The number of benzene rings is 1. The molecule has 1 aromatic rings. The molecule has 6 N–H and O–H groups in total. The zero-order valence-electron chi connectivity index (χ0n) is 21.3. The number of carbonyl (C=O) groups is 2. The third-order valence-corrected chi connectivity index (χ3v) is 7.09. The molecule has 206 valence electrons. The van der Waals surface area contributed by atoms with Crippen molar-refractivity contribution in [2.24, 2.45) is 11.3 Å². The molecular weight excluding hydrogens is 488 g/mol. The number of carbonyl (C=O) groups excluding carboxylic acids is 2. The Hall–Kier alpha value is -2.70. The molecule has 37 heavy (non-hydrogen) atoms. The third kappa shape index (κ3) is 6.60. The number of esters is 1. The number of allylic oxidation sites excluding steroid dienone is 2. The van der Waals surface area contributed by atoms with Gasteiger partial charge in [-0.1, -0.05) is 19.4 Å². The number of rotatable bonds is 8. The van der Waals surface area contributed by atoms with Gasteiger partial charge in [-0.25, -0.2) is 4.79 Å². The molecule has 1 aliphatic heterocycles. The maximum Gasteiger partial charge on any atom is 0.338 e. The van der Waals surface area contributed by atoms with Crippen molar-refractivity contribution in [2.45, 2.75) is 83.8 Å². The van der Waals surface area contributed by atoms with Crippen molar-refractivity contribution in [1.29, 1.82) is 0 Å². The van der Waals surface area contributed by atoms with E-state index < -0.39 is 66.6 Å². The van der Waals surface area contributed by atoms with Crippen LogP contribution in [-0.2, 0) is 19.0 Å². The van der Waals surface area contributed by atoms with Crippen LogP contribution in [0.25, 0.3) is 0 Å². The van der Waals surface area contributed by atoms with Crippen molar-refractivity contribution in [3.63, 3.8) is 0 Å². The highest BCUT2D eigenvalue weighted by Gasteiger charge is 2.45. The maximum absolute atomic E-state index is 12.3. The SMILES string of the molecule is CC1=CC(=O)CC(C)(C)[C@@H]1CC[C@@H](C)O[C@@H]1O[C@@H](COC(=O)c2cc(O)c(O)c(O)c2)[C@@H](O)[C@@H](O)[C@H]1O. The standard InChI is InChI=1S/C26H36O11/c1-12-7-15(27)10-26(3,4)16(12)6-5-13(2)36-25-23(33)22(32)21(31)19(37-25)11-35-24(34)14-8-17(28)20(30)18(29)9-14/h7-9,13,16,19,21-23,25,28-33H,5-6,10-11H2,1-4H3/t13-,16-,19+,21-,22-,23-,25-/m1/s1. The predicted octanol–water partition coefficient (Wildman–Crippen LogP) is 1.51. The molecule has 0 saturated carbocycles. The van der Waals surface area contributed by atoms with E-state index in [-0.39, 0.29) is 22.7 Å². The van der Waals surface area contributed by atoms with Gasteiger partial charge in [0.15, 0.2) is 29.3 Å². The molecule has 1 aliphatic carbocycles. The van der Waals surface area contributed by atoms with Crippen LogP contribution in [0.15, 0.2) is 23.8 Å². The van der Waals surface area contributed by atoms with Gasteiger partial charge in [-0.3, -0.25) is 4.79 Å². The second kappa shape index (κ2) is 11.4. The van der Waals surface area contributed by atoms with E-state index in [1.54, 1.807) is 13.0 Å². The van der Waals surface area contributed by atoms with E-state index in [9.17, 15) is 40.2 Å². The molecule has 0 aromatic heterocycles. The molecule has 0 amide bonds. The summed E-state index contributed by atoms with van der Waals surface area (Å²) in [5.74, 6) is -2.95. The highest BCUT2D eigenvalue weighted by Crippen LogP contribution is 2.42. The summed E-state index contributed by atoms with van der Waals surface area (Å²) in [6, 6.07) is 1.78. The van der Waals surface area contributed by atoms with E-state index >= 15 is 0 Å². The van der Waals surface area contributed by atoms with Gasteiger partial charge < -0.3 is 44.8 Å². The zero-order valence-corrected chi connectivity index (χ0v) is 21.3. The Kier molecular flexibility index (Phi) is 8.86. The van der Waals surface area contributed by atoms with Crippen LogP contribution in [0, 0.1) is 11.3 Å². The van der Waals surface area contributed by atoms with Crippen molar-refractivity contribution >= 4 is 11.8 Å². The number of aliphatic hydroxyl groups excluding tert-OH is 3. The van der Waals surface area contributed by atoms with Gasteiger partial charge in [0.1, 0.15) is 31.0 Å². The van der Waals surface area contributed by atoms with Crippen LogP contribution < -0.4 is 0 Å². The van der Waals surface area contributed by atoms with Gasteiger partial charge in [0, 0.05) is 6.42 Å². The zero-order chi connectivity index (χ0) is 27.7. The molecule has 11 nitrogen and oxygen atoms in total. The fourth-order valence-electron chi connectivity index (χ4n) is 5.04. The molecular formula is C26H36O11. The van der Waals surface area contributed by atoms with Crippen LogP contribution in [0.5, 0.6) is 17.2 Å². The van der Waals surface area contributed by atoms with E-state index in [2.05, 4.69) is 13.8 Å². The summed E-state index contributed by atoms with van der Waals surface area (Å²) in [6.45, 7) is 7.29. The summed E-state index contributed by atoms with van der Waals surface area (Å²) in [6.07, 6.45) is -4.29. The predicted molar refractivity (Wildman–Crippen MR) is 129 cm³/mol. The molecule has 7 atom stereocenters. The summed E-state index contributed by atoms with van der Waals surface area (Å²) in [4.78, 5) is 24.2. The molecule has 0 spiro atoms. The van der Waals surface area contributed by atoms with Crippen LogP contribution in [0.2, 0.25) is 0 Å². The average molecular weight is 525 g/mol. The van der Waals surface area contributed by atoms with Crippen LogP contribution in [0.4, 0.5) is 0 Å². The quantitative estimate of drug-likeness (QED) is 0.214. The van der Waals surface area contributed by atoms with Gasteiger partial charge in [-0.05, 0) is 56.2 Å². The van der Waals surface area contributed by atoms with Gasteiger partial charge in [0.2, 0.25) is 0 Å². The van der Waals surface area contributed by atoms with Crippen molar-refractivity contribution < 1.29 is 54.4 Å². The molecule has 1 fully saturated rings. The lowest BCUT2D eigenvalue weighted by Crippen LogP contribution is -2.59. The number of hydrogen-bond donors (Lipinski definition) is 6. The molecule has 11 heteroatoms. The monoisotopic (exact) mass is 524 g/mol. The number of hydrogen-bond acceptors (Lipinski definition) is 11. The van der Waals surface area contributed by atoms with E-state index in [1.165, 1.54) is 0 Å². The first kappa shape index (κ1) is 28.9. The van der Waals surface area contributed by atoms with Gasteiger partial charge >= 0.3 is 5.97 Å². The van der Waals surface area contributed by atoms with Gasteiger partial charge in [-0.15, -0.1) is 0 Å². The van der Waals surface area contributed by atoms with Gasteiger partial charge in [0.25, 0.3) is 0 Å². The Morgan fingerprint density at radius 2 is 1.73 bits per heavy atom. The minimum atomic E-state index is -1.63. The topological polar surface area (TPSA) is 183 Å². The minimum Gasteiger partial charge on any atom is -0.504 e. The lowest BCUT2D eigenvalue weighted by molar-refractivity contribution is -0.310. The van der Waals surface area contributed by atoms with E-state index in [0.717, 1.165) is 24.1 Å². The second-order valence-electron chi connectivity index (χ2n) is 10.6. The normalized spacial score (nSPS) is 30.5.